The fourth-order valence-corrected chi connectivity index (χ4v) is 4.92. The molecule has 12 heteroatoms. The highest BCUT2D eigenvalue weighted by atomic mass is 32.2. The van der Waals surface area contributed by atoms with Gasteiger partial charge in [0, 0.05) is 18.5 Å². The molecule has 0 radical (unpaired) electrons. The van der Waals surface area contributed by atoms with E-state index in [-0.39, 0.29) is 15.7 Å². The molecule has 4 aromatic rings. The van der Waals surface area contributed by atoms with Crippen LogP contribution in [0.4, 0.5) is 13.2 Å². The van der Waals surface area contributed by atoms with E-state index in [1.165, 1.54) is 27.5 Å². The number of nitrogens with zero attached hydrogens (tertiary/aromatic N) is 6. The van der Waals surface area contributed by atoms with Crippen molar-refractivity contribution in [3.8, 4) is 0 Å². The maximum atomic E-state index is 13.3. The summed E-state index contributed by atoms with van der Waals surface area (Å²) in [6.45, 7) is 4.25. The highest BCUT2D eigenvalue weighted by molar-refractivity contribution is 7.99. The number of aromatic nitrogens is 6. The first-order valence-electron chi connectivity index (χ1n) is 8.36. The predicted octanol–water partition coefficient (Wildman–Crippen LogP) is 3.73. The summed E-state index contributed by atoms with van der Waals surface area (Å²) in [4.78, 5) is 17.2. The fourth-order valence-electron chi connectivity index (χ4n) is 2.99. The first-order valence-corrected chi connectivity index (χ1v) is 10.00. The minimum absolute atomic E-state index is 0.0878. The number of hydrogen-bond acceptors (Lipinski definition) is 6. The maximum Gasteiger partial charge on any atom is 0.436 e. The third-order valence-electron chi connectivity index (χ3n) is 4.16. The van der Waals surface area contributed by atoms with Gasteiger partial charge in [-0.1, -0.05) is 6.92 Å². The Kier molecular flexibility index (Phi) is 4.49. The van der Waals surface area contributed by atoms with Gasteiger partial charge in [-0.3, -0.25) is 13.8 Å². The Hall–Kier alpha value is -2.34. The summed E-state index contributed by atoms with van der Waals surface area (Å²) in [5.41, 5.74) is -0.544. The van der Waals surface area contributed by atoms with Gasteiger partial charge in [0.05, 0.1) is 11.8 Å². The van der Waals surface area contributed by atoms with Crippen molar-refractivity contribution in [2.24, 2.45) is 7.05 Å². The van der Waals surface area contributed by atoms with Crippen molar-refractivity contribution in [1.29, 1.82) is 0 Å². The average Bonchev–Trinajstić information content (AvgIpc) is 3.29. The Morgan fingerprint density at radius 2 is 2.04 bits per heavy atom. The summed E-state index contributed by atoms with van der Waals surface area (Å²) < 4.78 is 44.9. The maximum absolute atomic E-state index is 13.3. The van der Waals surface area contributed by atoms with E-state index in [1.54, 1.807) is 4.40 Å². The zero-order valence-electron chi connectivity index (χ0n) is 15.1. The topological polar surface area (TPSA) is 70.0 Å². The number of halogens is 3. The van der Waals surface area contributed by atoms with Crippen molar-refractivity contribution < 1.29 is 13.2 Å². The second-order valence-corrected chi connectivity index (χ2v) is 8.47. The minimum Gasteiger partial charge on any atom is -0.328 e. The van der Waals surface area contributed by atoms with Gasteiger partial charge in [0.2, 0.25) is 10.9 Å². The van der Waals surface area contributed by atoms with Crippen molar-refractivity contribution in [1.82, 2.24) is 28.7 Å². The number of hydrogen-bond donors (Lipinski definition) is 0. The van der Waals surface area contributed by atoms with E-state index in [9.17, 15) is 18.0 Å². The van der Waals surface area contributed by atoms with Crippen LogP contribution in [0.25, 0.3) is 16.0 Å². The summed E-state index contributed by atoms with van der Waals surface area (Å²) in [6, 6.07) is 1.83. The highest BCUT2D eigenvalue weighted by Gasteiger charge is 2.38. The molecule has 0 bridgehead atoms. The normalized spacial score (nSPS) is 12.5. The quantitative estimate of drug-likeness (QED) is 0.495. The van der Waals surface area contributed by atoms with Crippen molar-refractivity contribution >= 4 is 39.1 Å². The SMILES string of the molecule is CCCn1c(=O)c2sc(C)cc2n2c(Sc3c(C(F)(F)F)ncn3C)nnc12. The van der Waals surface area contributed by atoms with Crippen LogP contribution in [0.5, 0.6) is 0 Å². The van der Waals surface area contributed by atoms with Gasteiger partial charge < -0.3 is 4.57 Å². The molecule has 0 amide bonds. The molecule has 4 aromatic heterocycles. The third-order valence-corrected chi connectivity index (χ3v) is 6.31. The number of alkyl halides is 3. The number of aryl methyl sites for hydroxylation is 3. The lowest BCUT2D eigenvalue weighted by atomic mass is 10.4. The van der Waals surface area contributed by atoms with Crippen LogP contribution in [0, 0.1) is 6.92 Å². The summed E-state index contributed by atoms with van der Waals surface area (Å²) in [6.07, 6.45) is -2.75. The minimum atomic E-state index is -4.58. The molecule has 0 aromatic carbocycles. The third kappa shape index (κ3) is 2.91. The number of thiophene rings is 1. The van der Waals surface area contributed by atoms with Crippen LogP contribution < -0.4 is 5.56 Å². The van der Waals surface area contributed by atoms with Crippen LogP contribution >= 0.6 is 23.1 Å². The smallest absolute Gasteiger partial charge is 0.328 e. The molecule has 0 aliphatic carbocycles. The summed E-state index contributed by atoms with van der Waals surface area (Å²) >= 11 is 2.17. The lowest BCUT2D eigenvalue weighted by Crippen LogP contribution is -2.22. The molecule has 7 nitrogen and oxygen atoms in total. The molecule has 4 rings (SSSR count). The molecule has 0 aliphatic heterocycles. The standard InChI is InChI=1S/C16H15F3N6OS2/c1-4-5-24-12(26)10-9(6-8(2)27-10)25-14(24)21-22-15(25)28-13-11(16(17,18)19)20-7-23(13)3/h6-7H,4-5H2,1-3H3. The van der Waals surface area contributed by atoms with Crippen molar-refractivity contribution in [3.05, 3.63) is 33.3 Å². The summed E-state index contributed by atoms with van der Waals surface area (Å²) in [5, 5.41) is 8.36. The van der Waals surface area contributed by atoms with Crippen LogP contribution in [0.15, 0.2) is 27.4 Å². The Labute approximate surface area is 164 Å². The van der Waals surface area contributed by atoms with Gasteiger partial charge in [0.25, 0.3) is 5.56 Å². The van der Waals surface area contributed by atoms with Crippen LogP contribution in [0.1, 0.15) is 23.9 Å². The van der Waals surface area contributed by atoms with E-state index in [2.05, 4.69) is 15.2 Å². The predicted molar refractivity (Wildman–Crippen MR) is 100.0 cm³/mol. The first-order chi connectivity index (χ1) is 13.2. The van der Waals surface area contributed by atoms with Crippen LogP contribution in [-0.4, -0.2) is 28.7 Å². The second-order valence-electron chi connectivity index (χ2n) is 6.26. The Balaban J connectivity index is 1.98. The molecule has 0 fully saturated rings. The van der Waals surface area contributed by atoms with Crippen LogP contribution in [0.2, 0.25) is 0 Å². The van der Waals surface area contributed by atoms with Gasteiger partial charge in [-0.05, 0) is 31.2 Å². The first kappa shape index (κ1) is 19.0. The molecule has 0 aliphatic rings. The van der Waals surface area contributed by atoms with Crippen molar-refractivity contribution in [2.75, 3.05) is 0 Å². The lowest BCUT2D eigenvalue weighted by Gasteiger charge is -2.09. The zero-order chi connectivity index (χ0) is 20.2. The molecular formula is C16H15F3N6OS2. The van der Waals surface area contributed by atoms with Gasteiger partial charge in [0.15, 0.2) is 5.69 Å². The average molecular weight is 428 g/mol. The Morgan fingerprint density at radius 1 is 1.29 bits per heavy atom. The van der Waals surface area contributed by atoms with Gasteiger partial charge in [0.1, 0.15) is 9.73 Å². The molecule has 0 saturated carbocycles. The zero-order valence-corrected chi connectivity index (χ0v) is 16.7. The molecule has 148 valence electrons. The molecule has 0 unspecified atom stereocenters. The van der Waals surface area contributed by atoms with Gasteiger partial charge in [-0.25, -0.2) is 4.98 Å². The molecule has 4 heterocycles. The molecular weight excluding hydrogens is 413 g/mol. The van der Waals surface area contributed by atoms with E-state index in [0.29, 0.717) is 29.0 Å². The van der Waals surface area contributed by atoms with Crippen molar-refractivity contribution in [2.45, 2.75) is 43.2 Å². The molecule has 0 N–H and O–H groups in total. The number of fused-ring (bicyclic) bond motifs is 3. The number of rotatable bonds is 4. The summed E-state index contributed by atoms with van der Waals surface area (Å²) in [5.74, 6) is 0.315. The Morgan fingerprint density at radius 3 is 2.71 bits per heavy atom. The van der Waals surface area contributed by atoms with E-state index < -0.39 is 11.9 Å². The number of imidazole rings is 1. The van der Waals surface area contributed by atoms with E-state index >= 15 is 0 Å². The highest BCUT2D eigenvalue weighted by Crippen LogP contribution is 2.38. The Bertz CT molecular complexity index is 1250. The van der Waals surface area contributed by atoms with Gasteiger partial charge in [-0.2, -0.15) is 13.2 Å². The molecule has 28 heavy (non-hydrogen) atoms. The molecule has 0 saturated heterocycles. The largest absolute Gasteiger partial charge is 0.436 e. The van der Waals surface area contributed by atoms with E-state index in [4.69, 9.17) is 0 Å². The fraction of sp³-hybridized carbons (Fsp3) is 0.375. The van der Waals surface area contributed by atoms with Gasteiger partial charge in [-0.15, -0.1) is 21.5 Å². The lowest BCUT2D eigenvalue weighted by molar-refractivity contribution is -0.143. The van der Waals surface area contributed by atoms with Crippen molar-refractivity contribution in [3.63, 3.8) is 0 Å². The molecule has 0 spiro atoms. The van der Waals surface area contributed by atoms with E-state index in [0.717, 1.165) is 23.0 Å². The monoisotopic (exact) mass is 428 g/mol. The molecule has 0 atom stereocenters. The van der Waals surface area contributed by atoms with Crippen LogP contribution in [0.3, 0.4) is 0 Å². The van der Waals surface area contributed by atoms with Crippen LogP contribution in [-0.2, 0) is 19.8 Å². The second kappa shape index (κ2) is 6.62. The summed E-state index contributed by atoms with van der Waals surface area (Å²) in [7, 11) is 1.49. The van der Waals surface area contributed by atoms with Gasteiger partial charge >= 0.3 is 6.18 Å². The van der Waals surface area contributed by atoms with E-state index in [1.807, 2.05) is 19.9 Å².